The molecule has 3 aliphatic rings. The first-order valence-corrected chi connectivity index (χ1v) is 39.7. The van der Waals surface area contributed by atoms with Crippen LogP contribution in [0.4, 0.5) is 0 Å². The highest BCUT2D eigenvalue weighted by Crippen LogP contribution is 2.27. The van der Waals surface area contributed by atoms with Crippen molar-refractivity contribution < 1.29 is 82.4 Å². The van der Waals surface area contributed by atoms with E-state index in [2.05, 4.69) is 15.3 Å². The molecule has 0 spiro atoms. The molecular formula is C99H134N4O17. The van der Waals surface area contributed by atoms with Gasteiger partial charge in [0.1, 0.15) is 34.7 Å². The highest BCUT2D eigenvalue weighted by atomic mass is 16.4. The number of rotatable bonds is 19. The van der Waals surface area contributed by atoms with Crippen LogP contribution in [0, 0.1) is 17.8 Å². The topological polar surface area (TPSA) is 366 Å². The van der Waals surface area contributed by atoms with Gasteiger partial charge in [-0.3, -0.25) is 52.9 Å². The SMILES string of the molecule is C.C.C.CC(=O)C1CCC(=O)N1.CC(=O)C1CCCCC1.CC(=O)CC(C)C.CC(=O)CC1CCCCC1.CC(=O)CCC(=O)O.CC(=O)CCCN.CC(=O)c1c[nH]c2ccccc12.CC(=O)c1ccc(O)cc1.CC(=O)c1ccc2ccccc2c1.CC(=O)c1ccccc1.CC(=O)c1cccnc1.O=C(O)Cc1ccc2ccccc2c1. The molecule has 0 radical (unpaired) electrons. The number of nitrogens with two attached hydrogens (primary N) is 1. The Balaban J connectivity index is -0.00000125. The van der Waals surface area contributed by atoms with Crippen LogP contribution in [0.3, 0.4) is 0 Å². The predicted octanol–water partition coefficient (Wildman–Crippen LogP) is 21.5. The summed E-state index contributed by atoms with van der Waals surface area (Å²) in [5.74, 6) is 1.82. The molecule has 1 aliphatic heterocycles. The van der Waals surface area contributed by atoms with Crippen molar-refractivity contribution >= 4 is 114 Å². The minimum absolute atomic E-state index is 0. The number of hydrogen-bond acceptors (Lipinski definition) is 17. The maximum absolute atomic E-state index is 11.1. The van der Waals surface area contributed by atoms with Crippen molar-refractivity contribution in [3.63, 3.8) is 0 Å². The first kappa shape index (κ1) is 112. The molecule has 1 atom stereocenters. The van der Waals surface area contributed by atoms with E-state index < -0.39 is 11.9 Å². The zero-order chi connectivity index (χ0) is 87.8. The molecule has 12 rings (SSSR count). The van der Waals surface area contributed by atoms with Gasteiger partial charge in [0.15, 0.2) is 34.7 Å². The van der Waals surface area contributed by atoms with Gasteiger partial charge in [-0.25, -0.2) is 0 Å². The van der Waals surface area contributed by atoms with Gasteiger partial charge in [0.2, 0.25) is 5.91 Å². The van der Waals surface area contributed by atoms with Crippen LogP contribution in [0.1, 0.15) is 285 Å². The minimum Gasteiger partial charge on any atom is -0.508 e. The Morgan fingerprint density at radius 3 is 1.31 bits per heavy atom. The van der Waals surface area contributed by atoms with Crippen molar-refractivity contribution in [1.29, 1.82) is 0 Å². The number of nitrogens with one attached hydrogen (secondary N) is 2. The molecule has 7 N–H and O–H groups in total. The average Bonchev–Trinajstić information content (AvgIpc) is 1.67. The summed E-state index contributed by atoms with van der Waals surface area (Å²) in [4.78, 5) is 154. The smallest absolute Gasteiger partial charge is 0.307 e. The number of carboxylic acid groups (broad SMARTS) is 2. The number of aromatic amines is 1. The Labute approximate surface area is 711 Å². The Hall–Kier alpha value is -11.7. The molecule has 652 valence electrons. The molecule has 1 amide bonds. The number of pyridine rings is 1. The van der Waals surface area contributed by atoms with Gasteiger partial charge in [0, 0.05) is 95.3 Å². The summed E-state index contributed by atoms with van der Waals surface area (Å²) in [6.07, 6.45) is 22.2. The number of amides is 1. The van der Waals surface area contributed by atoms with E-state index in [9.17, 15) is 67.1 Å². The van der Waals surface area contributed by atoms with Crippen LogP contribution in [0.25, 0.3) is 32.4 Å². The molecule has 21 heteroatoms. The fraction of sp³-hybridized carbons (Fsp3) is 0.404. The number of hydrogen-bond donors (Lipinski definition) is 6. The third kappa shape index (κ3) is 53.6. The van der Waals surface area contributed by atoms with E-state index in [1.807, 2.05) is 153 Å². The number of aliphatic carboxylic acids is 2. The highest BCUT2D eigenvalue weighted by molar-refractivity contribution is 6.06. The number of carbonyl (C=O) groups excluding carboxylic acids is 12. The first-order chi connectivity index (χ1) is 55.4. The van der Waals surface area contributed by atoms with E-state index in [0.29, 0.717) is 60.3 Å². The second-order valence-corrected chi connectivity index (χ2v) is 29.1. The number of phenolic OH excluding ortho intramolecular Hbond substituents is 1. The minimum atomic E-state index is -0.916. The van der Waals surface area contributed by atoms with Crippen LogP contribution in [0.15, 0.2) is 195 Å². The molecule has 2 saturated carbocycles. The second kappa shape index (κ2) is 65.3. The van der Waals surface area contributed by atoms with Crippen molar-refractivity contribution in [2.75, 3.05) is 6.54 Å². The Morgan fingerprint density at radius 2 is 0.933 bits per heavy atom. The van der Waals surface area contributed by atoms with E-state index in [-0.39, 0.29) is 111 Å². The van der Waals surface area contributed by atoms with Crippen LogP contribution in [-0.2, 0) is 49.6 Å². The quantitative estimate of drug-likeness (QED) is 0.0410. The molecule has 2 aromatic heterocycles. The van der Waals surface area contributed by atoms with E-state index in [1.54, 1.807) is 91.3 Å². The Morgan fingerprint density at radius 1 is 0.458 bits per heavy atom. The van der Waals surface area contributed by atoms with Crippen molar-refractivity contribution in [3.05, 3.63) is 228 Å². The summed E-state index contributed by atoms with van der Waals surface area (Å²) in [6.45, 7) is 22.0. The zero-order valence-corrected chi connectivity index (χ0v) is 70.5. The first-order valence-electron chi connectivity index (χ1n) is 39.7. The Bertz CT molecular complexity index is 4510. The lowest BCUT2D eigenvalue weighted by Crippen LogP contribution is -2.31. The number of para-hydroxylation sites is 1. The normalized spacial score (nSPS) is 12.5. The lowest BCUT2D eigenvalue weighted by Gasteiger charge is -2.19. The standard InChI is InChI=1S/C12H10O2.C12H10O.C10H9NO.C9H16O.C8H8O2.C8H14O.C8H8O.C7H7NO.C6H9NO2.C6H12O.C5H11NO.C5H8O3.3CH4/c13-12(14)8-9-5-6-10-3-1-2-4-11(10)7-9;1-9(13)11-7-6-10-4-2-3-5-12(10)8-11;1-7(12)9-6-11-10-5-3-2-4-8(9)10;1-8(10)7-9-5-3-2-4-6-9;1-6(9)7-2-4-8(10)5-3-7;2*1-7(9)8-5-3-2-4-6-8;1-6(9)7-3-2-4-8-5-7;1-4(8)5-2-3-6(9)7-5;1-5(2)4-6(3)7;1-5(7)3-2-4-6;1-4(6)2-3-5(7)8;;;/h1-7H,8H2,(H,13,14);2-8H,1H3;2-6,11H,1H3;9H,2-7H2,1H3;2-5,10H,1H3;8H,2-6H2,1H3;2-6H,1H3;2-5H,1H3;5H,2-3H2,1H3,(H,7,9);5H,4H2,1-3H3;2-4,6H2,1H3;2-3H2,1H3,(H,7,8);3*1H4. The van der Waals surface area contributed by atoms with E-state index >= 15 is 0 Å². The molecule has 1 unspecified atom stereocenters. The monoisotopic (exact) mass is 1650 g/mol. The predicted molar refractivity (Wildman–Crippen MR) is 484 cm³/mol. The van der Waals surface area contributed by atoms with Gasteiger partial charge in [-0.05, 0) is 196 Å². The largest absolute Gasteiger partial charge is 0.508 e. The number of aromatic nitrogens is 2. The molecule has 2 aliphatic carbocycles. The number of benzene rings is 7. The maximum Gasteiger partial charge on any atom is 0.307 e. The number of Topliss-reactive ketones (excluding diaryl/α,β-unsaturated/α-hetero) is 11. The summed E-state index contributed by atoms with van der Waals surface area (Å²) in [6, 6.07) is 53.9. The average molecular weight is 1650 g/mol. The van der Waals surface area contributed by atoms with Gasteiger partial charge in [-0.2, -0.15) is 0 Å². The lowest BCUT2D eigenvalue weighted by atomic mass is 9.86. The van der Waals surface area contributed by atoms with Gasteiger partial charge >= 0.3 is 11.9 Å². The molecule has 21 nitrogen and oxygen atoms in total. The molecule has 0 bridgehead atoms. The number of ketones is 11. The van der Waals surface area contributed by atoms with Crippen LogP contribution < -0.4 is 11.1 Å². The fourth-order valence-corrected chi connectivity index (χ4v) is 11.7. The van der Waals surface area contributed by atoms with Crippen molar-refractivity contribution in [3.8, 4) is 5.75 Å². The summed E-state index contributed by atoms with van der Waals surface area (Å²) in [5.41, 5.74) is 10.6. The zero-order valence-electron chi connectivity index (χ0n) is 70.5. The number of carbonyl (C=O) groups is 14. The number of nitrogens with zero attached hydrogens (tertiary/aromatic N) is 1. The summed E-state index contributed by atoms with van der Waals surface area (Å²) in [5, 5.41) is 33.6. The number of carboxylic acids is 2. The second-order valence-electron chi connectivity index (χ2n) is 29.1. The number of phenols is 1. The molecule has 7 aromatic carbocycles. The molecule has 1 saturated heterocycles. The lowest BCUT2D eigenvalue weighted by molar-refractivity contribution is -0.138. The maximum atomic E-state index is 11.1. The van der Waals surface area contributed by atoms with Gasteiger partial charge in [0.05, 0.1) is 18.9 Å². The van der Waals surface area contributed by atoms with Crippen LogP contribution in [0.5, 0.6) is 5.75 Å². The van der Waals surface area contributed by atoms with E-state index in [4.69, 9.17) is 21.1 Å². The fourth-order valence-electron chi connectivity index (χ4n) is 11.7. The van der Waals surface area contributed by atoms with Crippen LogP contribution in [0.2, 0.25) is 0 Å². The molecular weight excluding hydrogens is 1520 g/mol. The highest BCUT2D eigenvalue weighted by Gasteiger charge is 2.24. The third-order valence-corrected chi connectivity index (χ3v) is 17.9. The number of fused-ring (bicyclic) bond motifs is 3. The molecule has 3 fully saturated rings. The van der Waals surface area contributed by atoms with E-state index in [0.717, 1.165) is 87.3 Å². The molecule has 9 aromatic rings. The summed E-state index contributed by atoms with van der Waals surface area (Å²) >= 11 is 0. The molecule has 3 heterocycles. The van der Waals surface area contributed by atoms with Crippen LogP contribution >= 0.6 is 0 Å². The van der Waals surface area contributed by atoms with Crippen molar-refractivity contribution in [1.82, 2.24) is 15.3 Å². The summed E-state index contributed by atoms with van der Waals surface area (Å²) in [7, 11) is 0. The van der Waals surface area contributed by atoms with E-state index in [1.165, 1.54) is 96.6 Å². The van der Waals surface area contributed by atoms with Crippen molar-refractivity contribution in [2.24, 2.45) is 23.5 Å². The van der Waals surface area contributed by atoms with Gasteiger partial charge in [-0.1, -0.05) is 215 Å². The number of H-pyrrole nitrogens is 1. The Kier molecular flexibility index (Phi) is 61.1. The third-order valence-electron chi connectivity index (χ3n) is 17.9. The number of aromatic hydroxyl groups is 1. The van der Waals surface area contributed by atoms with Crippen LogP contribution in [-0.4, -0.2) is 119 Å². The van der Waals surface area contributed by atoms with Crippen molar-refractivity contribution in [2.45, 2.75) is 240 Å². The van der Waals surface area contributed by atoms with Gasteiger partial charge < -0.3 is 50.5 Å². The van der Waals surface area contributed by atoms with Gasteiger partial charge in [-0.15, -0.1) is 0 Å². The van der Waals surface area contributed by atoms with Gasteiger partial charge in [0.25, 0.3) is 0 Å². The summed E-state index contributed by atoms with van der Waals surface area (Å²) < 4.78 is 0. The molecule has 120 heavy (non-hydrogen) atoms.